The third kappa shape index (κ3) is 3.29. The predicted octanol–water partition coefficient (Wildman–Crippen LogP) is 3.39. The molecule has 0 unspecified atom stereocenters. The van der Waals surface area contributed by atoms with E-state index in [1.165, 1.54) is 0 Å². The summed E-state index contributed by atoms with van der Waals surface area (Å²) in [5.41, 5.74) is 0. The van der Waals surface area contributed by atoms with E-state index in [0.717, 1.165) is 13.7 Å². The van der Waals surface area contributed by atoms with Gasteiger partial charge in [0.05, 0.1) is 0 Å². The lowest BCUT2D eigenvalue weighted by molar-refractivity contribution is 0.648. The molecule has 0 atom stereocenters. The van der Waals surface area contributed by atoms with Crippen LogP contribution in [0, 0.1) is 0 Å². The molecule has 0 bridgehead atoms. The molecule has 0 aromatic heterocycles. The molecule has 1 aromatic carbocycles. The van der Waals surface area contributed by atoms with Gasteiger partial charge in [-0.3, -0.25) is 0 Å². The van der Waals surface area contributed by atoms with Crippen molar-refractivity contribution < 1.29 is 0 Å². The minimum absolute atomic E-state index is 0.868. The van der Waals surface area contributed by atoms with Gasteiger partial charge in [0.25, 0.3) is 0 Å². The number of thiocarbonyl (C=S) groups is 1. The molecule has 0 heterocycles. The lowest BCUT2D eigenvalue weighted by atomic mass is 10.4. The Hall–Kier alpha value is -0.0600. The number of rotatable bonds is 1. The van der Waals surface area contributed by atoms with E-state index in [-0.39, 0.29) is 0 Å². The minimum atomic E-state index is 0.868. The fourth-order valence-corrected chi connectivity index (χ4v) is 2.19. The highest BCUT2D eigenvalue weighted by atomic mass is 79.9. The zero-order valence-corrected chi connectivity index (χ0v) is 10.7. The first-order valence-corrected chi connectivity index (χ1v) is 5.76. The first kappa shape index (κ1) is 11.0. The van der Waals surface area contributed by atoms with Gasteiger partial charge in [-0.1, -0.05) is 36.1 Å². The summed E-state index contributed by atoms with van der Waals surface area (Å²) in [6.45, 7) is 0. The Balaban J connectivity index is 2.75. The van der Waals surface area contributed by atoms with Crippen LogP contribution in [0.25, 0.3) is 0 Å². The summed E-state index contributed by atoms with van der Waals surface area (Å²) in [6.07, 6.45) is 0. The molecule has 1 aromatic rings. The van der Waals surface area contributed by atoms with E-state index >= 15 is 0 Å². The fourth-order valence-electron chi connectivity index (χ4n) is 0.713. The third-order valence-corrected chi connectivity index (χ3v) is 4.08. The van der Waals surface area contributed by atoms with Crippen LogP contribution in [0.4, 0.5) is 0 Å². The Bertz CT molecular complexity index is 312. The van der Waals surface area contributed by atoms with E-state index in [0.29, 0.717) is 0 Å². The van der Waals surface area contributed by atoms with E-state index < -0.39 is 0 Å². The molecule has 1 rings (SSSR count). The van der Waals surface area contributed by atoms with E-state index in [4.69, 9.17) is 12.2 Å². The van der Waals surface area contributed by atoms with Crippen molar-refractivity contribution >= 4 is 44.2 Å². The molecule has 0 saturated carbocycles. The number of hydrogen-bond acceptors (Lipinski definition) is 2. The molecule has 0 N–H and O–H groups in total. The van der Waals surface area contributed by atoms with E-state index in [1.54, 1.807) is 11.8 Å². The Labute approximate surface area is 96.6 Å². The van der Waals surface area contributed by atoms with Crippen LogP contribution in [0.5, 0.6) is 0 Å². The second-order valence-corrected chi connectivity index (χ2v) is 5.22. The summed E-state index contributed by atoms with van der Waals surface area (Å²) in [7, 11) is 3.90. The highest BCUT2D eigenvalue weighted by molar-refractivity contribution is 9.10. The van der Waals surface area contributed by atoms with Gasteiger partial charge in [0.15, 0.2) is 0 Å². The molecular weight excluding hydrogens is 266 g/mol. The molecule has 1 nitrogen and oxygen atoms in total. The molecular formula is C9H10BrNS2. The Morgan fingerprint density at radius 3 is 2.54 bits per heavy atom. The summed E-state index contributed by atoms with van der Waals surface area (Å²) < 4.78 is 1.95. The highest BCUT2D eigenvalue weighted by Gasteiger charge is 2.04. The summed E-state index contributed by atoms with van der Waals surface area (Å²) in [4.78, 5) is 3.08. The molecule has 0 aliphatic carbocycles. The lowest BCUT2D eigenvalue weighted by Crippen LogP contribution is -2.15. The number of hydrogen-bond donors (Lipinski definition) is 0. The summed E-state index contributed by atoms with van der Waals surface area (Å²) >= 11 is 10.3. The molecule has 0 amide bonds. The Morgan fingerprint density at radius 2 is 2.00 bits per heavy atom. The standard InChI is InChI=1S/C9H10BrNS2/c1-11(2)9(12)13-8-6-4-3-5-7(8)10/h3-6H,1-2H3. The van der Waals surface area contributed by atoms with Crippen molar-refractivity contribution in [2.75, 3.05) is 14.1 Å². The molecule has 0 radical (unpaired) electrons. The van der Waals surface area contributed by atoms with Gasteiger partial charge in [-0.2, -0.15) is 0 Å². The molecule has 0 spiro atoms. The maximum atomic E-state index is 5.19. The molecule has 0 fully saturated rings. The average molecular weight is 276 g/mol. The molecule has 0 aliphatic heterocycles. The predicted molar refractivity (Wildman–Crippen MR) is 66.3 cm³/mol. The zero-order chi connectivity index (χ0) is 9.84. The normalized spacial score (nSPS) is 9.77. The van der Waals surface area contributed by atoms with Crippen LogP contribution < -0.4 is 0 Å². The Kier molecular flexibility index (Phi) is 4.22. The minimum Gasteiger partial charge on any atom is -0.363 e. The van der Waals surface area contributed by atoms with Crippen molar-refractivity contribution in [1.82, 2.24) is 4.90 Å². The van der Waals surface area contributed by atoms with Crippen LogP contribution in [0.3, 0.4) is 0 Å². The number of thioether (sulfide) groups is 1. The second-order valence-electron chi connectivity index (χ2n) is 2.69. The molecule has 0 saturated heterocycles. The quantitative estimate of drug-likeness (QED) is 0.572. The maximum Gasteiger partial charge on any atom is 0.140 e. The second kappa shape index (κ2) is 4.98. The van der Waals surface area contributed by atoms with Gasteiger partial charge in [0.2, 0.25) is 0 Å². The Morgan fingerprint density at radius 1 is 1.38 bits per heavy atom. The number of benzene rings is 1. The largest absolute Gasteiger partial charge is 0.363 e. The monoisotopic (exact) mass is 275 g/mol. The van der Waals surface area contributed by atoms with Crippen molar-refractivity contribution in [3.05, 3.63) is 28.7 Å². The topological polar surface area (TPSA) is 3.24 Å². The first-order valence-electron chi connectivity index (χ1n) is 3.75. The third-order valence-electron chi connectivity index (χ3n) is 1.40. The van der Waals surface area contributed by atoms with Crippen molar-refractivity contribution in [3.8, 4) is 0 Å². The van der Waals surface area contributed by atoms with Gasteiger partial charge in [-0.15, -0.1) is 0 Å². The van der Waals surface area contributed by atoms with Crippen molar-refractivity contribution in [3.63, 3.8) is 0 Å². The summed E-state index contributed by atoms with van der Waals surface area (Å²) in [5.74, 6) is 0. The molecule has 0 aliphatic rings. The van der Waals surface area contributed by atoms with Crippen LogP contribution in [0.15, 0.2) is 33.6 Å². The molecule has 4 heteroatoms. The SMILES string of the molecule is CN(C)C(=S)Sc1ccccc1Br. The molecule has 13 heavy (non-hydrogen) atoms. The average Bonchev–Trinajstić information content (AvgIpc) is 2.08. The highest BCUT2D eigenvalue weighted by Crippen LogP contribution is 2.28. The van der Waals surface area contributed by atoms with Gasteiger partial charge in [0, 0.05) is 23.5 Å². The van der Waals surface area contributed by atoms with E-state index in [2.05, 4.69) is 15.9 Å². The van der Waals surface area contributed by atoms with Crippen LogP contribution in [0.1, 0.15) is 0 Å². The summed E-state index contributed by atoms with van der Waals surface area (Å²) in [6, 6.07) is 8.06. The smallest absolute Gasteiger partial charge is 0.140 e. The fraction of sp³-hybridized carbons (Fsp3) is 0.222. The maximum absolute atomic E-state index is 5.19. The van der Waals surface area contributed by atoms with Crippen LogP contribution in [-0.4, -0.2) is 23.3 Å². The van der Waals surface area contributed by atoms with Gasteiger partial charge >= 0.3 is 0 Å². The molecule has 70 valence electrons. The van der Waals surface area contributed by atoms with Gasteiger partial charge in [-0.05, 0) is 28.1 Å². The van der Waals surface area contributed by atoms with Gasteiger partial charge < -0.3 is 4.90 Å². The summed E-state index contributed by atoms with van der Waals surface area (Å²) in [5, 5.41) is 0. The van der Waals surface area contributed by atoms with Gasteiger partial charge in [0.1, 0.15) is 4.32 Å². The van der Waals surface area contributed by atoms with Crippen LogP contribution >= 0.6 is 39.9 Å². The lowest BCUT2D eigenvalue weighted by Gasteiger charge is -2.13. The van der Waals surface area contributed by atoms with E-state index in [9.17, 15) is 0 Å². The van der Waals surface area contributed by atoms with Crippen molar-refractivity contribution in [1.29, 1.82) is 0 Å². The van der Waals surface area contributed by atoms with Gasteiger partial charge in [-0.25, -0.2) is 0 Å². The van der Waals surface area contributed by atoms with Crippen molar-refractivity contribution in [2.45, 2.75) is 4.90 Å². The van der Waals surface area contributed by atoms with Crippen molar-refractivity contribution in [2.24, 2.45) is 0 Å². The number of nitrogens with zero attached hydrogens (tertiary/aromatic N) is 1. The van der Waals surface area contributed by atoms with Crippen LogP contribution in [0.2, 0.25) is 0 Å². The first-order chi connectivity index (χ1) is 6.11. The number of halogens is 1. The van der Waals surface area contributed by atoms with Crippen LogP contribution in [-0.2, 0) is 0 Å². The van der Waals surface area contributed by atoms with E-state index in [1.807, 2.05) is 43.3 Å². The zero-order valence-electron chi connectivity index (χ0n) is 7.45.